The zero-order valence-corrected chi connectivity index (χ0v) is 9.89. The van der Waals surface area contributed by atoms with Gasteiger partial charge in [0.05, 0.1) is 23.8 Å². The Morgan fingerprint density at radius 1 is 1.62 bits per heavy atom. The minimum Gasteiger partial charge on any atom is -0.394 e. The molecule has 5 heteroatoms. The van der Waals surface area contributed by atoms with E-state index in [9.17, 15) is 5.11 Å². The lowest BCUT2D eigenvalue weighted by molar-refractivity contribution is 0.115. The van der Waals surface area contributed by atoms with Gasteiger partial charge in [0.25, 0.3) is 0 Å². The van der Waals surface area contributed by atoms with Crippen LogP contribution in [0.4, 0.5) is 5.82 Å². The largest absolute Gasteiger partial charge is 0.394 e. The Morgan fingerprint density at radius 3 is 3.00 bits per heavy atom. The number of nitrogens with zero attached hydrogens (tertiary/aromatic N) is 2. The van der Waals surface area contributed by atoms with E-state index in [1.54, 1.807) is 19.4 Å². The minimum absolute atomic E-state index is 0.0821. The van der Waals surface area contributed by atoms with Crippen LogP contribution in [0.25, 0.3) is 0 Å². The zero-order chi connectivity index (χ0) is 11.5. The Hall–Kier alpha value is -0.840. The van der Waals surface area contributed by atoms with Crippen LogP contribution >= 0.6 is 11.6 Å². The van der Waals surface area contributed by atoms with Gasteiger partial charge < -0.3 is 14.7 Å². The summed E-state index contributed by atoms with van der Waals surface area (Å²) in [6.45, 7) is 0.876. The van der Waals surface area contributed by atoms with Crippen molar-refractivity contribution >= 4 is 17.4 Å². The van der Waals surface area contributed by atoms with Gasteiger partial charge in [-0.15, -0.1) is 0 Å². The zero-order valence-electron chi connectivity index (χ0n) is 9.14. The van der Waals surface area contributed by atoms with E-state index in [1.807, 2.05) is 6.07 Å². The lowest BCUT2D eigenvalue weighted by Crippen LogP contribution is -2.33. The fraction of sp³-hybridized carbons (Fsp3) is 0.545. The summed E-state index contributed by atoms with van der Waals surface area (Å²) in [4.78, 5) is 6.31. The average molecular weight is 243 g/mol. The number of halogens is 1. The molecule has 0 radical (unpaired) electrons. The number of aliphatic hydroxyl groups excluding tert-OH is 1. The SMILES string of the molecule is CO[C@@H]1C[C@@H](CO)N(c2ccc(Cl)cn2)C1. The summed E-state index contributed by atoms with van der Waals surface area (Å²) in [5.74, 6) is 0.836. The highest BCUT2D eigenvalue weighted by molar-refractivity contribution is 6.30. The molecule has 2 atom stereocenters. The molecule has 0 amide bonds. The molecule has 0 aromatic carbocycles. The van der Waals surface area contributed by atoms with Crippen molar-refractivity contribution in [2.24, 2.45) is 0 Å². The van der Waals surface area contributed by atoms with Gasteiger partial charge in [-0.2, -0.15) is 0 Å². The first kappa shape index (κ1) is 11.6. The molecule has 0 unspecified atom stereocenters. The van der Waals surface area contributed by atoms with Gasteiger partial charge in [0.15, 0.2) is 0 Å². The molecule has 1 aliphatic rings. The third-order valence-corrected chi connectivity index (χ3v) is 3.15. The lowest BCUT2D eigenvalue weighted by Gasteiger charge is -2.23. The summed E-state index contributed by atoms with van der Waals surface area (Å²) in [5.41, 5.74) is 0. The second-order valence-electron chi connectivity index (χ2n) is 3.92. The molecule has 16 heavy (non-hydrogen) atoms. The fourth-order valence-electron chi connectivity index (χ4n) is 2.04. The number of hydrogen-bond donors (Lipinski definition) is 1. The van der Waals surface area contributed by atoms with Crippen molar-refractivity contribution in [3.8, 4) is 0 Å². The molecule has 1 saturated heterocycles. The molecule has 2 rings (SSSR count). The molecular weight excluding hydrogens is 228 g/mol. The number of ether oxygens (including phenoxy) is 1. The Balaban J connectivity index is 2.16. The van der Waals surface area contributed by atoms with Gasteiger partial charge in [-0.05, 0) is 18.6 Å². The molecular formula is C11H15ClN2O2. The summed E-state index contributed by atoms with van der Waals surface area (Å²) in [6, 6.07) is 3.75. The first-order valence-electron chi connectivity index (χ1n) is 5.26. The van der Waals surface area contributed by atoms with Crippen molar-refractivity contribution in [3.05, 3.63) is 23.4 Å². The smallest absolute Gasteiger partial charge is 0.128 e. The first-order chi connectivity index (χ1) is 7.74. The van der Waals surface area contributed by atoms with E-state index in [2.05, 4.69) is 9.88 Å². The van der Waals surface area contributed by atoms with E-state index < -0.39 is 0 Å². The predicted octanol–water partition coefficient (Wildman–Crippen LogP) is 1.32. The number of anilines is 1. The highest BCUT2D eigenvalue weighted by Gasteiger charge is 2.32. The van der Waals surface area contributed by atoms with Crippen molar-refractivity contribution in [2.75, 3.05) is 25.2 Å². The maximum absolute atomic E-state index is 9.31. The quantitative estimate of drug-likeness (QED) is 0.869. The number of methoxy groups -OCH3 is 1. The van der Waals surface area contributed by atoms with Crippen LogP contribution in [0.3, 0.4) is 0 Å². The van der Waals surface area contributed by atoms with Crippen molar-refractivity contribution in [2.45, 2.75) is 18.6 Å². The maximum Gasteiger partial charge on any atom is 0.128 e. The summed E-state index contributed by atoms with van der Waals surface area (Å²) in [5, 5.41) is 9.93. The summed E-state index contributed by atoms with van der Waals surface area (Å²) in [6.07, 6.45) is 2.61. The molecule has 1 aliphatic heterocycles. The van der Waals surface area contributed by atoms with Gasteiger partial charge in [-0.25, -0.2) is 4.98 Å². The van der Waals surface area contributed by atoms with E-state index in [-0.39, 0.29) is 18.8 Å². The number of aromatic nitrogens is 1. The van der Waals surface area contributed by atoms with Gasteiger partial charge in [0.2, 0.25) is 0 Å². The Kier molecular flexibility index (Phi) is 3.63. The van der Waals surface area contributed by atoms with E-state index in [0.29, 0.717) is 5.02 Å². The molecule has 0 aliphatic carbocycles. The lowest BCUT2D eigenvalue weighted by atomic mass is 10.2. The van der Waals surface area contributed by atoms with Crippen molar-refractivity contribution in [1.82, 2.24) is 4.98 Å². The van der Waals surface area contributed by atoms with Crippen LogP contribution in [-0.2, 0) is 4.74 Å². The molecule has 0 saturated carbocycles. The summed E-state index contributed by atoms with van der Waals surface area (Å²) >= 11 is 5.79. The van der Waals surface area contributed by atoms with E-state index in [1.165, 1.54) is 0 Å². The molecule has 4 nitrogen and oxygen atoms in total. The van der Waals surface area contributed by atoms with Crippen LogP contribution in [0.1, 0.15) is 6.42 Å². The predicted molar refractivity (Wildman–Crippen MR) is 62.9 cm³/mol. The molecule has 1 aromatic rings. The number of rotatable bonds is 3. The van der Waals surface area contributed by atoms with Crippen LogP contribution in [0.5, 0.6) is 0 Å². The number of aliphatic hydroxyl groups is 1. The summed E-state index contributed by atoms with van der Waals surface area (Å²) in [7, 11) is 1.69. The maximum atomic E-state index is 9.31. The van der Waals surface area contributed by atoms with Crippen LogP contribution in [0, 0.1) is 0 Å². The standard InChI is InChI=1S/C11H15ClN2O2/c1-16-10-4-9(7-15)14(6-10)11-3-2-8(12)5-13-11/h2-3,5,9-10,15H,4,6-7H2,1H3/t9-,10+/m0/s1. The fourth-order valence-corrected chi connectivity index (χ4v) is 2.15. The molecule has 1 N–H and O–H groups in total. The van der Waals surface area contributed by atoms with Crippen LogP contribution in [-0.4, -0.2) is 42.5 Å². The second kappa shape index (κ2) is 4.99. The second-order valence-corrected chi connectivity index (χ2v) is 4.35. The molecule has 2 heterocycles. The minimum atomic E-state index is 0.0821. The molecule has 1 aromatic heterocycles. The van der Waals surface area contributed by atoms with Gasteiger partial charge in [0, 0.05) is 19.9 Å². The van der Waals surface area contributed by atoms with Crippen molar-refractivity contribution in [3.63, 3.8) is 0 Å². The topological polar surface area (TPSA) is 45.6 Å². The third kappa shape index (κ3) is 2.29. The highest BCUT2D eigenvalue weighted by atomic mass is 35.5. The van der Waals surface area contributed by atoms with Crippen LogP contribution in [0.2, 0.25) is 5.02 Å². The van der Waals surface area contributed by atoms with Crippen LogP contribution in [0.15, 0.2) is 18.3 Å². The molecule has 88 valence electrons. The molecule has 1 fully saturated rings. The molecule has 0 spiro atoms. The number of hydrogen-bond acceptors (Lipinski definition) is 4. The number of pyridine rings is 1. The van der Waals surface area contributed by atoms with Crippen LogP contribution < -0.4 is 4.90 Å². The normalized spacial score (nSPS) is 25.1. The van der Waals surface area contributed by atoms with Gasteiger partial charge in [-0.1, -0.05) is 11.6 Å². The van der Waals surface area contributed by atoms with Crippen molar-refractivity contribution < 1.29 is 9.84 Å². The third-order valence-electron chi connectivity index (χ3n) is 2.93. The van der Waals surface area contributed by atoms with E-state index in [4.69, 9.17) is 16.3 Å². The van der Waals surface area contributed by atoms with Crippen molar-refractivity contribution in [1.29, 1.82) is 0 Å². The first-order valence-corrected chi connectivity index (χ1v) is 5.64. The molecule has 0 bridgehead atoms. The summed E-state index contributed by atoms with van der Waals surface area (Å²) < 4.78 is 5.31. The Bertz CT molecular complexity index is 344. The highest BCUT2D eigenvalue weighted by Crippen LogP contribution is 2.25. The van der Waals surface area contributed by atoms with E-state index in [0.717, 1.165) is 18.8 Å². The Morgan fingerprint density at radius 2 is 2.44 bits per heavy atom. The monoisotopic (exact) mass is 242 g/mol. The van der Waals surface area contributed by atoms with Gasteiger partial charge in [0.1, 0.15) is 5.82 Å². The average Bonchev–Trinajstić information content (AvgIpc) is 2.73. The van der Waals surface area contributed by atoms with Gasteiger partial charge in [-0.3, -0.25) is 0 Å². The van der Waals surface area contributed by atoms with E-state index >= 15 is 0 Å². The Labute approximate surface area is 99.8 Å². The van der Waals surface area contributed by atoms with Gasteiger partial charge >= 0.3 is 0 Å².